The first-order chi connectivity index (χ1) is 9.35. The molecule has 0 aliphatic rings. The van der Waals surface area contributed by atoms with Crippen molar-refractivity contribution in [1.29, 1.82) is 0 Å². The number of hydrogen-bond donors (Lipinski definition) is 2. The van der Waals surface area contributed by atoms with Gasteiger partial charge in [-0.25, -0.2) is 4.79 Å². The normalized spacial score (nSPS) is 11.0. The molecule has 0 saturated heterocycles. The van der Waals surface area contributed by atoms with Gasteiger partial charge in [0.25, 0.3) is 0 Å². The second-order valence-electron chi connectivity index (χ2n) is 5.63. The van der Waals surface area contributed by atoms with Crippen molar-refractivity contribution < 1.29 is 14.3 Å². The lowest BCUT2D eigenvalue weighted by atomic mass is 10.2. The minimum Gasteiger partial charge on any atom is -0.444 e. The fraction of sp³-hybridized carbons (Fsp3) is 0.857. The summed E-state index contributed by atoms with van der Waals surface area (Å²) in [6.45, 7) is 6.54. The topological polar surface area (TPSA) is 67.4 Å². The molecule has 0 aliphatic heterocycles. The van der Waals surface area contributed by atoms with Crippen LogP contribution < -0.4 is 10.6 Å². The van der Waals surface area contributed by atoms with Crippen LogP contribution in [0.25, 0.3) is 0 Å². The Balaban J connectivity index is 3.43. The van der Waals surface area contributed by atoms with Crippen molar-refractivity contribution in [2.24, 2.45) is 0 Å². The highest BCUT2D eigenvalue weighted by atomic mass is 79.9. The monoisotopic (exact) mass is 350 g/mol. The second kappa shape index (κ2) is 10.9. The van der Waals surface area contributed by atoms with Gasteiger partial charge in [0.2, 0.25) is 5.91 Å². The molecule has 0 heterocycles. The largest absolute Gasteiger partial charge is 0.444 e. The van der Waals surface area contributed by atoms with E-state index in [1.807, 2.05) is 20.8 Å². The maximum Gasteiger partial charge on any atom is 0.407 e. The van der Waals surface area contributed by atoms with Gasteiger partial charge in [0, 0.05) is 24.8 Å². The third-order valence-electron chi connectivity index (χ3n) is 2.38. The van der Waals surface area contributed by atoms with Crippen LogP contribution in [0.1, 0.15) is 52.9 Å². The van der Waals surface area contributed by atoms with E-state index >= 15 is 0 Å². The Morgan fingerprint density at radius 1 is 1.00 bits per heavy atom. The average Bonchev–Trinajstić information content (AvgIpc) is 2.32. The molecule has 0 atom stereocenters. The zero-order chi connectivity index (χ0) is 15.4. The molecule has 5 nitrogen and oxygen atoms in total. The van der Waals surface area contributed by atoms with E-state index in [-0.39, 0.29) is 5.91 Å². The summed E-state index contributed by atoms with van der Waals surface area (Å²) >= 11 is 3.36. The predicted octanol–water partition coefficient (Wildman–Crippen LogP) is 2.97. The van der Waals surface area contributed by atoms with Crippen molar-refractivity contribution in [2.75, 3.05) is 18.4 Å². The zero-order valence-corrected chi connectivity index (χ0v) is 14.3. The van der Waals surface area contributed by atoms with Crippen molar-refractivity contribution in [3.8, 4) is 0 Å². The summed E-state index contributed by atoms with van der Waals surface area (Å²) in [7, 11) is 0. The molecule has 20 heavy (non-hydrogen) atoms. The average molecular weight is 351 g/mol. The fourth-order valence-corrected chi connectivity index (χ4v) is 1.86. The lowest BCUT2D eigenvalue weighted by molar-refractivity contribution is -0.121. The van der Waals surface area contributed by atoms with Gasteiger partial charge < -0.3 is 15.4 Å². The van der Waals surface area contributed by atoms with Crippen molar-refractivity contribution in [2.45, 2.75) is 58.5 Å². The molecule has 0 bridgehead atoms. The summed E-state index contributed by atoms with van der Waals surface area (Å²) in [4.78, 5) is 22.8. The van der Waals surface area contributed by atoms with E-state index in [9.17, 15) is 9.59 Å². The highest BCUT2D eigenvalue weighted by Crippen LogP contribution is 2.06. The number of halogens is 1. The number of rotatable bonds is 9. The molecule has 0 aromatic heterocycles. The van der Waals surface area contributed by atoms with Gasteiger partial charge in [0.15, 0.2) is 0 Å². The molecule has 2 N–H and O–H groups in total. The van der Waals surface area contributed by atoms with Crippen LogP contribution in [-0.2, 0) is 9.53 Å². The third-order valence-corrected chi connectivity index (χ3v) is 2.94. The van der Waals surface area contributed by atoms with E-state index < -0.39 is 11.7 Å². The van der Waals surface area contributed by atoms with E-state index in [4.69, 9.17) is 4.74 Å². The summed E-state index contributed by atoms with van der Waals surface area (Å²) in [6, 6.07) is 0. The molecule has 0 radical (unpaired) electrons. The summed E-state index contributed by atoms with van der Waals surface area (Å²) in [5.74, 6) is 0.0804. The molecular weight excluding hydrogens is 324 g/mol. The predicted molar refractivity (Wildman–Crippen MR) is 84.1 cm³/mol. The van der Waals surface area contributed by atoms with Crippen molar-refractivity contribution in [1.82, 2.24) is 10.6 Å². The Morgan fingerprint density at radius 2 is 1.65 bits per heavy atom. The second-order valence-corrected chi connectivity index (χ2v) is 6.42. The molecule has 0 aromatic carbocycles. The summed E-state index contributed by atoms with van der Waals surface area (Å²) in [6.07, 6.45) is 3.96. The molecule has 0 rings (SSSR count). The van der Waals surface area contributed by atoms with Gasteiger partial charge in [-0.15, -0.1) is 0 Å². The lowest BCUT2D eigenvalue weighted by Gasteiger charge is -2.19. The quantitative estimate of drug-likeness (QED) is 0.496. The van der Waals surface area contributed by atoms with Crippen molar-refractivity contribution in [3.05, 3.63) is 0 Å². The Hall–Kier alpha value is -0.780. The van der Waals surface area contributed by atoms with Gasteiger partial charge in [0.05, 0.1) is 0 Å². The van der Waals surface area contributed by atoms with Crippen LogP contribution in [0, 0.1) is 0 Å². The number of carbonyl (C=O) groups is 2. The maximum atomic E-state index is 11.5. The van der Waals surface area contributed by atoms with E-state index in [2.05, 4.69) is 26.6 Å². The summed E-state index contributed by atoms with van der Waals surface area (Å²) < 4.78 is 5.10. The molecule has 0 aliphatic carbocycles. The number of carbonyl (C=O) groups excluding carboxylic acids is 2. The number of amides is 2. The SMILES string of the molecule is CC(C)(C)OC(=O)NCCCNC(=O)CCCCCBr. The Morgan fingerprint density at radius 3 is 2.25 bits per heavy atom. The zero-order valence-electron chi connectivity index (χ0n) is 12.8. The van der Waals surface area contributed by atoms with E-state index in [0.29, 0.717) is 25.9 Å². The van der Waals surface area contributed by atoms with Gasteiger partial charge in [-0.2, -0.15) is 0 Å². The van der Waals surface area contributed by atoms with Crippen LogP contribution in [0.3, 0.4) is 0 Å². The van der Waals surface area contributed by atoms with Gasteiger partial charge in [-0.05, 0) is 40.0 Å². The summed E-state index contributed by atoms with van der Waals surface area (Å²) in [5.41, 5.74) is -0.479. The molecule has 0 saturated carbocycles. The van der Waals surface area contributed by atoms with Gasteiger partial charge in [0.1, 0.15) is 5.60 Å². The number of alkyl halides is 1. The lowest BCUT2D eigenvalue weighted by Crippen LogP contribution is -2.34. The molecule has 6 heteroatoms. The van der Waals surface area contributed by atoms with Crippen LogP contribution >= 0.6 is 15.9 Å². The summed E-state index contributed by atoms with van der Waals surface area (Å²) in [5, 5.41) is 6.48. The van der Waals surface area contributed by atoms with Crippen LogP contribution in [0.2, 0.25) is 0 Å². The van der Waals surface area contributed by atoms with E-state index in [0.717, 1.165) is 24.6 Å². The van der Waals surface area contributed by atoms with Crippen LogP contribution in [-0.4, -0.2) is 36.0 Å². The minimum absolute atomic E-state index is 0.0804. The molecule has 0 fully saturated rings. The van der Waals surface area contributed by atoms with Gasteiger partial charge in [-0.3, -0.25) is 4.79 Å². The van der Waals surface area contributed by atoms with E-state index in [1.54, 1.807) is 0 Å². The standard InChI is InChI=1S/C14H27BrN2O3/c1-14(2,3)20-13(19)17-11-7-10-16-12(18)8-5-4-6-9-15/h4-11H2,1-3H3,(H,16,18)(H,17,19). The number of unbranched alkanes of at least 4 members (excludes halogenated alkanes) is 2. The van der Waals surface area contributed by atoms with Crippen LogP contribution in [0.4, 0.5) is 4.79 Å². The molecule has 0 spiro atoms. The molecular formula is C14H27BrN2O3. The van der Waals surface area contributed by atoms with Gasteiger partial charge >= 0.3 is 6.09 Å². The molecule has 2 amide bonds. The fourth-order valence-electron chi connectivity index (χ4n) is 1.47. The Bertz CT molecular complexity index is 291. The molecule has 118 valence electrons. The number of ether oxygens (including phenoxy) is 1. The van der Waals surface area contributed by atoms with Crippen LogP contribution in [0.5, 0.6) is 0 Å². The highest BCUT2D eigenvalue weighted by molar-refractivity contribution is 9.09. The first-order valence-electron chi connectivity index (χ1n) is 7.14. The van der Waals surface area contributed by atoms with E-state index in [1.165, 1.54) is 0 Å². The highest BCUT2D eigenvalue weighted by Gasteiger charge is 2.15. The van der Waals surface area contributed by atoms with Crippen molar-refractivity contribution >= 4 is 27.9 Å². The molecule has 0 aromatic rings. The first kappa shape index (κ1) is 19.2. The Labute approximate surface area is 130 Å². The smallest absolute Gasteiger partial charge is 0.407 e. The number of hydrogen-bond acceptors (Lipinski definition) is 3. The van der Waals surface area contributed by atoms with Crippen molar-refractivity contribution in [3.63, 3.8) is 0 Å². The minimum atomic E-state index is -0.479. The maximum absolute atomic E-state index is 11.5. The number of nitrogens with one attached hydrogen (secondary N) is 2. The third kappa shape index (κ3) is 13.6. The first-order valence-corrected chi connectivity index (χ1v) is 8.27. The van der Waals surface area contributed by atoms with Gasteiger partial charge in [-0.1, -0.05) is 22.4 Å². The Kier molecular flexibility index (Phi) is 10.5. The molecule has 0 unspecified atom stereocenters. The van der Waals surface area contributed by atoms with Crippen LogP contribution in [0.15, 0.2) is 0 Å². The number of alkyl carbamates (subject to hydrolysis) is 1.